The molecule has 0 bridgehead atoms. The van der Waals surface area contributed by atoms with E-state index in [0.29, 0.717) is 17.7 Å². The molecule has 2 aromatic heterocycles. The lowest BCUT2D eigenvalue weighted by Crippen LogP contribution is -2.44. The summed E-state index contributed by atoms with van der Waals surface area (Å²) in [6.07, 6.45) is 1.02. The summed E-state index contributed by atoms with van der Waals surface area (Å²) in [5, 5.41) is 2.65. The number of aryl methyl sites for hydroxylation is 1. The SMILES string of the molecule is COC(=O)[C@H](CCn1cnc2c(Cl)nc(N)nc21)NC(=O)OC(C)(C)C. The van der Waals surface area contributed by atoms with Crippen molar-refractivity contribution in [2.24, 2.45) is 0 Å². The number of nitrogen functional groups attached to an aromatic ring is 1. The lowest BCUT2D eigenvalue weighted by Gasteiger charge is -2.22. The zero-order valence-electron chi connectivity index (χ0n) is 14.9. The van der Waals surface area contributed by atoms with Crippen molar-refractivity contribution < 1.29 is 19.1 Å². The van der Waals surface area contributed by atoms with Crippen molar-refractivity contribution in [3.05, 3.63) is 11.5 Å². The number of nitrogens with zero attached hydrogens (tertiary/aromatic N) is 4. The highest BCUT2D eigenvalue weighted by molar-refractivity contribution is 6.33. The van der Waals surface area contributed by atoms with Crippen molar-refractivity contribution in [3.63, 3.8) is 0 Å². The average molecular weight is 385 g/mol. The number of anilines is 1. The molecule has 0 saturated carbocycles. The smallest absolute Gasteiger partial charge is 0.408 e. The predicted octanol–water partition coefficient (Wildman–Crippen LogP) is 1.52. The number of esters is 1. The molecule has 11 heteroatoms. The predicted molar refractivity (Wildman–Crippen MR) is 94.5 cm³/mol. The maximum absolute atomic E-state index is 12.0. The Balaban J connectivity index is 2.12. The lowest BCUT2D eigenvalue weighted by atomic mass is 10.2. The molecule has 3 N–H and O–H groups in total. The van der Waals surface area contributed by atoms with Crippen LogP contribution in [-0.4, -0.2) is 50.3 Å². The van der Waals surface area contributed by atoms with Gasteiger partial charge in [0.25, 0.3) is 0 Å². The second kappa shape index (κ2) is 7.73. The number of hydrogen-bond donors (Lipinski definition) is 2. The van der Waals surface area contributed by atoms with E-state index >= 15 is 0 Å². The molecule has 0 saturated heterocycles. The Labute approximate surface area is 155 Å². The molecule has 0 aliphatic carbocycles. The van der Waals surface area contributed by atoms with Crippen LogP contribution < -0.4 is 11.1 Å². The second-order valence-corrected chi connectivity index (χ2v) is 6.85. The third kappa shape index (κ3) is 4.94. The highest BCUT2D eigenvalue weighted by Gasteiger charge is 2.25. The number of nitrogens with two attached hydrogens (primary N) is 1. The van der Waals surface area contributed by atoms with Gasteiger partial charge in [0.05, 0.1) is 13.4 Å². The summed E-state index contributed by atoms with van der Waals surface area (Å²) >= 11 is 5.99. The van der Waals surface area contributed by atoms with Crippen LogP contribution in [0.15, 0.2) is 6.33 Å². The summed E-state index contributed by atoms with van der Waals surface area (Å²) in [5.41, 5.74) is 5.76. The molecule has 0 aromatic carbocycles. The van der Waals surface area contributed by atoms with Crippen LogP contribution in [0.1, 0.15) is 27.2 Å². The van der Waals surface area contributed by atoms with Gasteiger partial charge in [-0.25, -0.2) is 14.6 Å². The fraction of sp³-hybridized carbons (Fsp3) is 0.533. The number of imidazole rings is 1. The number of carbonyl (C=O) groups is 2. The molecule has 0 spiro atoms. The van der Waals surface area contributed by atoms with Gasteiger partial charge in [0.2, 0.25) is 5.95 Å². The number of alkyl carbamates (subject to hydrolysis) is 1. The van der Waals surface area contributed by atoms with E-state index in [1.54, 1.807) is 25.3 Å². The average Bonchev–Trinajstić information content (AvgIpc) is 2.92. The van der Waals surface area contributed by atoms with E-state index in [1.165, 1.54) is 13.4 Å². The summed E-state index contributed by atoms with van der Waals surface area (Å²) in [6, 6.07) is -0.901. The van der Waals surface area contributed by atoms with E-state index in [-0.39, 0.29) is 17.5 Å². The number of carbonyl (C=O) groups excluding carboxylic acids is 2. The Hall–Kier alpha value is -2.62. The van der Waals surface area contributed by atoms with E-state index < -0.39 is 23.7 Å². The summed E-state index contributed by atoms with van der Waals surface area (Å²) in [4.78, 5) is 36.0. The van der Waals surface area contributed by atoms with Crippen LogP contribution in [0, 0.1) is 0 Å². The first-order valence-electron chi connectivity index (χ1n) is 7.82. The Bertz CT molecular complexity index is 816. The minimum Gasteiger partial charge on any atom is -0.467 e. The number of ether oxygens (including phenoxy) is 2. The third-order valence-electron chi connectivity index (χ3n) is 3.27. The number of amides is 1. The summed E-state index contributed by atoms with van der Waals surface area (Å²) in [5.74, 6) is -0.576. The van der Waals surface area contributed by atoms with Crippen LogP contribution in [-0.2, 0) is 20.8 Å². The van der Waals surface area contributed by atoms with Gasteiger partial charge in [0.15, 0.2) is 10.8 Å². The molecule has 0 aliphatic heterocycles. The van der Waals surface area contributed by atoms with Gasteiger partial charge in [-0.1, -0.05) is 11.6 Å². The van der Waals surface area contributed by atoms with Crippen molar-refractivity contribution in [3.8, 4) is 0 Å². The highest BCUT2D eigenvalue weighted by Crippen LogP contribution is 2.20. The van der Waals surface area contributed by atoms with Gasteiger partial charge in [0.1, 0.15) is 17.2 Å². The monoisotopic (exact) mass is 384 g/mol. The maximum Gasteiger partial charge on any atom is 0.408 e. The molecule has 0 aliphatic rings. The Kier molecular flexibility index (Phi) is 5.86. The van der Waals surface area contributed by atoms with E-state index in [9.17, 15) is 9.59 Å². The van der Waals surface area contributed by atoms with Gasteiger partial charge in [-0.2, -0.15) is 9.97 Å². The van der Waals surface area contributed by atoms with Crippen LogP contribution in [0.5, 0.6) is 0 Å². The highest BCUT2D eigenvalue weighted by atomic mass is 35.5. The normalized spacial score (nSPS) is 12.7. The quantitative estimate of drug-likeness (QED) is 0.585. The van der Waals surface area contributed by atoms with Crippen LogP contribution in [0.3, 0.4) is 0 Å². The standard InChI is InChI=1S/C15H21ClN6O4/c1-15(2,3)26-14(24)19-8(12(23)25-4)5-6-22-7-18-9-10(16)20-13(17)21-11(9)22/h7-8H,5-6H2,1-4H3,(H,19,24)(H2,17,20,21)/t8-/m0/s1. The molecule has 0 radical (unpaired) electrons. The number of rotatable bonds is 5. The van der Waals surface area contributed by atoms with Crippen molar-refractivity contribution in [2.45, 2.75) is 45.4 Å². The minimum absolute atomic E-state index is 0.0145. The number of nitrogens with one attached hydrogen (secondary N) is 1. The van der Waals surface area contributed by atoms with Crippen molar-refractivity contribution >= 4 is 40.8 Å². The number of fused-ring (bicyclic) bond motifs is 1. The van der Waals surface area contributed by atoms with Gasteiger partial charge in [-0.15, -0.1) is 0 Å². The van der Waals surface area contributed by atoms with Crippen LogP contribution >= 0.6 is 11.6 Å². The van der Waals surface area contributed by atoms with Crippen molar-refractivity contribution in [2.75, 3.05) is 12.8 Å². The summed E-state index contributed by atoms with van der Waals surface area (Å²) < 4.78 is 11.6. The van der Waals surface area contributed by atoms with E-state index in [1.807, 2.05) is 0 Å². The molecule has 0 fully saturated rings. The fourth-order valence-electron chi connectivity index (χ4n) is 2.20. The molecule has 26 heavy (non-hydrogen) atoms. The Morgan fingerprint density at radius 2 is 2.08 bits per heavy atom. The minimum atomic E-state index is -0.901. The van der Waals surface area contributed by atoms with Gasteiger partial charge < -0.3 is 25.1 Å². The molecular weight excluding hydrogens is 364 g/mol. The van der Waals surface area contributed by atoms with Gasteiger partial charge in [-0.3, -0.25) is 0 Å². The summed E-state index contributed by atoms with van der Waals surface area (Å²) in [6.45, 7) is 5.49. The van der Waals surface area contributed by atoms with E-state index in [0.717, 1.165) is 0 Å². The fourth-order valence-corrected chi connectivity index (χ4v) is 2.42. The zero-order valence-corrected chi connectivity index (χ0v) is 15.7. The van der Waals surface area contributed by atoms with Crippen molar-refractivity contribution in [1.82, 2.24) is 24.8 Å². The molecule has 2 heterocycles. The molecule has 2 aromatic rings. The van der Waals surface area contributed by atoms with Crippen LogP contribution in [0.25, 0.3) is 11.2 Å². The van der Waals surface area contributed by atoms with Crippen LogP contribution in [0.4, 0.5) is 10.7 Å². The van der Waals surface area contributed by atoms with Crippen LogP contribution in [0.2, 0.25) is 5.15 Å². The first-order chi connectivity index (χ1) is 12.1. The topological polar surface area (TPSA) is 134 Å². The molecule has 2 rings (SSSR count). The molecule has 1 atom stereocenters. The van der Waals surface area contributed by atoms with Gasteiger partial charge >= 0.3 is 12.1 Å². The molecule has 142 valence electrons. The van der Waals surface area contributed by atoms with Gasteiger partial charge in [0, 0.05) is 6.54 Å². The number of aromatic nitrogens is 4. The first-order valence-corrected chi connectivity index (χ1v) is 8.19. The number of halogens is 1. The summed E-state index contributed by atoms with van der Waals surface area (Å²) in [7, 11) is 1.24. The van der Waals surface area contributed by atoms with Gasteiger partial charge in [-0.05, 0) is 27.2 Å². The number of methoxy groups -OCH3 is 1. The van der Waals surface area contributed by atoms with E-state index in [4.69, 9.17) is 26.8 Å². The third-order valence-corrected chi connectivity index (χ3v) is 3.54. The first kappa shape index (κ1) is 19.7. The van der Waals surface area contributed by atoms with E-state index in [2.05, 4.69) is 20.3 Å². The Morgan fingerprint density at radius 3 is 2.69 bits per heavy atom. The Morgan fingerprint density at radius 1 is 1.38 bits per heavy atom. The molecule has 0 unspecified atom stereocenters. The zero-order chi connectivity index (χ0) is 19.5. The van der Waals surface area contributed by atoms with Crippen molar-refractivity contribution in [1.29, 1.82) is 0 Å². The lowest BCUT2D eigenvalue weighted by molar-refractivity contribution is -0.143. The second-order valence-electron chi connectivity index (χ2n) is 6.49. The molecular formula is C15H21ClN6O4. The largest absolute Gasteiger partial charge is 0.467 e. The molecule has 1 amide bonds. The molecule has 10 nitrogen and oxygen atoms in total. The number of hydrogen-bond acceptors (Lipinski definition) is 8. The maximum atomic E-state index is 12.0.